The number of nitrogens with two attached hydrogens (primary N) is 1. The molecular weight excluding hydrogens is 429 g/mol. The van der Waals surface area contributed by atoms with Gasteiger partial charge in [0.2, 0.25) is 5.91 Å². The Morgan fingerprint density at radius 3 is 2.34 bits per heavy atom. The highest BCUT2D eigenvalue weighted by Gasteiger charge is 2.51. The molecule has 3 aliphatic carbocycles. The molecule has 0 unspecified atom stereocenters. The smallest absolute Gasteiger partial charge is 0.228 e. The number of hydrogen-bond donors (Lipinski definition) is 1. The van der Waals surface area contributed by atoms with Crippen molar-refractivity contribution in [1.29, 1.82) is 0 Å². The highest BCUT2D eigenvalue weighted by Crippen LogP contribution is 2.50. The lowest BCUT2D eigenvalue weighted by atomic mass is 9.64. The summed E-state index contributed by atoms with van der Waals surface area (Å²) in [6.45, 7) is 3.51. The Balaban J connectivity index is 1.49. The Bertz CT molecular complexity index is 1000. The van der Waals surface area contributed by atoms with Gasteiger partial charge in [0.25, 0.3) is 0 Å². The topological polar surface area (TPSA) is 70.1 Å². The number of amides is 1. The zero-order valence-electron chi connectivity index (χ0n) is 18.6. The predicted molar refractivity (Wildman–Crippen MR) is 121 cm³/mol. The highest BCUT2D eigenvalue weighted by atomic mass is 35.5. The average molecular weight is 460 g/mol. The molecule has 32 heavy (non-hydrogen) atoms. The molecule has 1 heterocycles. The number of rotatable bonds is 8. The van der Waals surface area contributed by atoms with Crippen molar-refractivity contribution in [2.45, 2.75) is 75.9 Å². The quantitative estimate of drug-likeness (QED) is 0.603. The summed E-state index contributed by atoms with van der Waals surface area (Å²) in [5.41, 5.74) is 6.13. The van der Waals surface area contributed by atoms with Crippen molar-refractivity contribution in [3.63, 3.8) is 0 Å². The van der Waals surface area contributed by atoms with E-state index in [-0.39, 0.29) is 11.7 Å². The molecule has 3 aliphatic rings. The minimum atomic E-state index is -0.826. The SMILES string of the molecule is Cc1nc(C2(OCC3CC3)CCC(C(N)=O)(c3ccc(F)cc3)CC2)n(CC2CC2)c1Cl. The molecule has 0 radical (unpaired) electrons. The van der Waals surface area contributed by atoms with Crippen LogP contribution in [0.1, 0.15) is 68.4 Å². The van der Waals surface area contributed by atoms with Crippen LogP contribution < -0.4 is 5.73 Å². The molecule has 1 aromatic heterocycles. The van der Waals surface area contributed by atoms with Gasteiger partial charge in [-0.05, 0) is 87.8 Å². The minimum Gasteiger partial charge on any atom is -0.369 e. The Morgan fingerprint density at radius 1 is 1.16 bits per heavy atom. The number of nitrogens with zero attached hydrogens (tertiary/aromatic N) is 2. The number of aromatic nitrogens is 2. The number of primary amides is 1. The summed E-state index contributed by atoms with van der Waals surface area (Å²) in [6.07, 6.45) is 7.16. The number of carbonyl (C=O) groups excluding carboxylic acids is 1. The van der Waals surface area contributed by atoms with Crippen LogP contribution in [0.15, 0.2) is 24.3 Å². The van der Waals surface area contributed by atoms with Gasteiger partial charge in [-0.3, -0.25) is 4.79 Å². The second-order valence-corrected chi connectivity index (χ2v) is 10.4. The van der Waals surface area contributed by atoms with E-state index in [9.17, 15) is 9.18 Å². The Kier molecular flexibility index (Phi) is 5.57. The Labute approximate surface area is 193 Å². The first-order valence-corrected chi connectivity index (χ1v) is 12.1. The second kappa shape index (κ2) is 8.14. The van der Waals surface area contributed by atoms with E-state index in [0.717, 1.165) is 23.6 Å². The number of benzene rings is 1. The van der Waals surface area contributed by atoms with E-state index in [1.165, 1.54) is 37.8 Å². The molecule has 3 fully saturated rings. The molecule has 1 aromatic carbocycles. The van der Waals surface area contributed by atoms with E-state index in [0.29, 0.717) is 49.3 Å². The van der Waals surface area contributed by atoms with Crippen LogP contribution in [0.5, 0.6) is 0 Å². The normalized spacial score (nSPS) is 28.1. The van der Waals surface area contributed by atoms with Crippen molar-refractivity contribution >= 4 is 17.5 Å². The molecule has 3 saturated carbocycles. The molecule has 1 amide bonds. The second-order valence-electron chi connectivity index (χ2n) is 10.1. The minimum absolute atomic E-state index is 0.321. The summed E-state index contributed by atoms with van der Waals surface area (Å²) in [4.78, 5) is 17.6. The number of imidazole rings is 1. The molecule has 0 spiro atoms. The summed E-state index contributed by atoms with van der Waals surface area (Å²) < 4.78 is 22.4. The van der Waals surface area contributed by atoms with Crippen LogP contribution in [0, 0.1) is 24.6 Å². The molecule has 2 aromatic rings. The summed E-state index contributed by atoms with van der Waals surface area (Å²) in [7, 11) is 0. The number of hydrogen-bond acceptors (Lipinski definition) is 3. The van der Waals surface area contributed by atoms with Gasteiger partial charge < -0.3 is 15.0 Å². The molecule has 0 saturated heterocycles. The summed E-state index contributed by atoms with van der Waals surface area (Å²) in [6, 6.07) is 6.17. The van der Waals surface area contributed by atoms with Crippen molar-refractivity contribution in [3.05, 3.63) is 52.3 Å². The van der Waals surface area contributed by atoms with Gasteiger partial charge in [0.15, 0.2) is 0 Å². The monoisotopic (exact) mass is 459 g/mol. The van der Waals surface area contributed by atoms with Crippen LogP contribution in [0.2, 0.25) is 5.15 Å². The first kappa shape index (κ1) is 21.9. The summed E-state index contributed by atoms with van der Waals surface area (Å²) >= 11 is 6.69. The van der Waals surface area contributed by atoms with Gasteiger partial charge in [0, 0.05) is 6.54 Å². The molecule has 5 rings (SSSR count). The van der Waals surface area contributed by atoms with Crippen molar-refractivity contribution in [2.75, 3.05) is 6.61 Å². The van der Waals surface area contributed by atoms with Crippen molar-refractivity contribution in [1.82, 2.24) is 9.55 Å². The van der Waals surface area contributed by atoms with Gasteiger partial charge in [-0.2, -0.15) is 0 Å². The maximum Gasteiger partial charge on any atom is 0.228 e. The maximum absolute atomic E-state index is 13.5. The van der Waals surface area contributed by atoms with E-state index >= 15 is 0 Å². The average Bonchev–Trinajstić information content (AvgIpc) is 3.70. The van der Waals surface area contributed by atoms with E-state index in [1.54, 1.807) is 12.1 Å². The maximum atomic E-state index is 13.5. The molecule has 2 N–H and O–H groups in total. The molecule has 0 atom stereocenters. The van der Waals surface area contributed by atoms with E-state index in [2.05, 4.69) is 4.57 Å². The Hall–Kier alpha value is -1.92. The zero-order valence-corrected chi connectivity index (χ0v) is 19.3. The van der Waals surface area contributed by atoms with Crippen LogP contribution in [0.3, 0.4) is 0 Å². The Morgan fingerprint density at radius 2 is 1.78 bits per heavy atom. The molecule has 172 valence electrons. The highest BCUT2D eigenvalue weighted by molar-refractivity contribution is 6.30. The number of aryl methyl sites for hydroxylation is 1. The fraction of sp³-hybridized carbons (Fsp3) is 0.600. The predicted octanol–water partition coefficient (Wildman–Crippen LogP) is 5.01. The molecular formula is C25H31ClFN3O2. The summed E-state index contributed by atoms with van der Waals surface area (Å²) in [5, 5.41) is 0.687. The number of carbonyl (C=O) groups is 1. The summed E-state index contributed by atoms with van der Waals surface area (Å²) in [5.74, 6) is 1.46. The van der Waals surface area contributed by atoms with Gasteiger partial charge in [0.05, 0.1) is 17.7 Å². The third-order valence-electron chi connectivity index (χ3n) is 7.68. The van der Waals surface area contributed by atoms with Crippen LogP contribution >= 0.6 is 11.6 Å². The van der Waals surface area contributed by atoms with Gasteiger partial charge in [0.1, 0.15) is 22.4 Å². The standard InChI is InChI=1S/C25H31ClFN3O2/c1-16-21(26)30(14-17-2-3-17)23(29-16)25(32-15-18-4-5-18)12-10-24(11-13-25,22(28)31)19-6-8-20(27)9-7-19/h6-9,17-18H,2-5,10-15H2,1H3,(H2,28,31). The van der Waals surface area contributed by atoms with Gasteiger partial charge in [-0.1, -0.05) is 23.7 Å². The number of halogens is 2. The van der Waals surface area contributed by atoms with E-state index in [4.69, 9.17) is 27.1 Å². The van der Waals surface area contributed by atoms with Gasteiger partial charge in [-0.15, -0.1) is 0 Å². The zero-order chi connectivity index (χ0) is 22.5. The first-order valence-electron chi connectivity index (χ1n) is 11.8. The third-order valence-corrected chi connectivity index (χ3v) is 8.16. The molecule has 0 bridgehead atoms. The molecule has 5 nitrogen and oxygen atoms in total. The lowest BCUT2D eigenvalue weighted by molar-refractivity contribution is -0.133. The fourth-order valence-corrected chi connectivity index (χ4v) is 5.34. The van der Waals surface area contributed by atoms with E-state index in [1.807, 2.05) is 6.92 Å². The molecule has 7 heteroatoms. The van der Waals surface area contributed by atoms with Gasteiger partial charge >= 0.3 is 0 Å². The lowest BCUT2D eigenvalue weighted by Crippen LogP contribution is -2.49. The van der Waals surface area contributed by atoms with Crippen molar-refractivity contribution in [3.8, 4) is 0 Å². The largest absolute Gasteiger partial charge is 0.369 e. The number of ether oxygens (including phenoxy) is 1. The first-order chi connectivity index (χ1) is 15.3. The van der Waals surface area contributed by atoms with Crippen LogP contribution in [-0.4, -0.2) is 22.1 Å². The lowest BCUT2D eigenvalue weighted by Gasteiger charge is -2.45. The van der Waals surface area contributed by atoms with Crippen LogP contribution in [-0.2, 0) is 27.1 Å². The van der Waals surface area contributed by atoms with Crippen molar-refractivity contribution < 1.29 is 13.9 Å². The third kappa shape index (κ3) is 3.96. The molecule has 0 aliphatic heterocycles. The van der Waals surface area contributed by atoms with E-state index < -0.39 is 11.0 Å². The van der Waals surface area contributed by atoms with Crippen LogP contribution in [0.25, 0.3) is 0 Å². The fourth-order valence-electron chi connectivity index (χ4n) is 5.15. The van der Waals surface area contributed by atoms with Crippen molar-refractivity contribution in [2.24, 2.45) is 17.6 Å². The van der Waals surface area contributed by atoms with Gasteiger partial charge in [-0.25, -0.2) is 9.37 Å². The van der Waals surface area contributed by atoms with Crippen LogP contribution in [0.4, 0.5) is 4.39 Å².